The van der Waals surface area contributed by atoms with Gasteiger partial charge in [-0.05, 0) is 13.0 Å². The van der Waals surface area contributed by atoms with Gasteiger partial charge < -0.3 is 25.2 Å². The zero-order valence-electron chi connectivity index (χ0n) is 13.3. The molecular weight excluding hydrogens is 288 g/mol. The molecule has 7 heteroatoms. The molecule has 2 aliphatic rings. The molecule has 0 amide bonds. The molecule has 0 spiro atoms. The highest BCUT2D eigenvalue weighted by Gasteiger charge is 2.53. The van der Waals surface area contributed by atoms with Gasteiger partial charge in [0.15, 0.2) is 6.35 Å². The second kappa shape index (κ2) is 8.54. The lowest BCUT2D eigenvalue weighted by Crippen LogP contribution is -2.67. The van der Waals surface area contributed by atoms with Crippen molar-refractivity contribution in [2.75, 3.05) is 13.2 Å². The summed E-state index contributed by atoms with van der Waals surface area (Å²) in [6.45, 7) is 3.16. The lowest BCUT2D eigenvalue weighted by atomic mass is 9.94. The largest absolute Gasteiger partial charge is 0.389 e. The first kappa shape index (κ1) is 18.1. The first-order chi connectivity index (χ1) is 10.6. The van der Waals surface area contributed by atoms with E-state index >= 15 is 0 Å². The Bertz CT molecular complexity index is 333. The van der Waals surface area contributed by atoms with E-state index in [9.17, 15) is 20.4 Å². The summed E-state index contributed by atoms with van der Waals surface area (Å²) in [5.41, 5.74) is 0. The normalized spacial score (nSPS) is 39.1. The average Bonchev–Trinajstić information content (AvgIpc) is 2.94. The standard InChI is InChI=1S/C15H30N2O5/c1-2-3-4-5-6-7-8-16-15-17-10(9-22-15)11(18)12(19)13(20)14(17)21/h10-16,18-21H,2-9H2,1H3/t10-,11-,12+,13-,14+,15?/m1/s1. The molecular formula is C15H30N2O5. The van der Waals surface area contributed by atoms with Crippen LogP contribution in [0.1, 0.15) is 45.4 Å². The SMILES string of the molecule is CCCCCCCCNC1OC[C@@H]2[C@@H](O)[C@H](O)[C@@H](O)[C@H](O)N12. The van der Waals surface area contributed by atoms with Crippen LogP contribution in [0.5, 0.6) is 0 Å². The van der Waals surface area contributed by atoms with Crippen LogP contribution in [0.2, 0.25) is 0 Å². The molecule has 2 rings (SSSR count). The van der Waals surface area contributed by atoms with Gasteiger partial charge in [0.1, 0.15) is 24.5 Å². The lowest BCUT2D eigenvalue weighted by molar-refractivity contribution is -0.223. The van der Waals surface area contributed by atoms with Gasteiger partial charge in [-0.1, -0.05) is 39.0 Å². The summed E-state index contributed by atoms with van der Waals surface area (Å²) in [6.07, 6.45) is 1.52. The molecule has 5 N–H and O–H groups in total. The molecule has 0 bridgehead atoms. The highest BCUT2D eigenvalue weighted by atomic mass is 16.5. The van der Waals surface area contributed by atoms with E-state index in [2.05, 4.69) is 12.2 Å². The highest BCUT2D eigenvalue weighted by molar-refractivity contribution is 4.99. The Balaban J connectivity index is 1.74. The van der Waals surface area contributed by atoms with E-state index in [-0.39, 0.29) is 6.61 Å². The molecule has 0 aromatic carbocycles. The zero-order valence-corrected chi connectivity index (χ0v) is 13.3. The molecule has 6 atom stereocenters. The minimum atomic E-state index is -1.40. The maximum atomic E-state index is 10.1. The van der Waals surface area contributed by atoms with E-state index < -0.39 is 36.9 Å². The minimum absolute atomic E-state index is 0.218. The van der Waals surface area contributed by atoms with E-state index in [1.165, 1.54) is 30.6 Å². The van der Waals surface area contributed by atoms with Gasteiger partial charge in [0.05, 0.1) is 12.6 Å². The summed E-state index contributed by atoms with van der Waals surface area (Å²) in [4.78, 5) is 1.51. The van der Waals surface area contributed by atoms with Crippen molar-refractivity contribution < 1.29 is 25.2 Å². The predicted molar refractivity (Wildman–Crippen MR) is 80.8 cm³/mol. The van der Waals surface area contributed by atoms with Crippen LogP contribution >= 0.6 is 0 Å². The third-order valence-corrected chi connectivity index (χ3v) is 4.63. The Morgan fingerprint density at radius 2 is 1.64 bits per heavy atom. The number of fused-ring (bicyclic) bond motifs is 1. The Kier molecular flexibility index (Phi) is 7.01. The van der Waals surface area contributed by atoms with Crippen molar-refractivity contribution in [3.8, 4) is 0 Å². The first-order valence-corrected chi connectivity index (χ1v) is 8.42. The number of ether oxygens (including phenoxy) is 1. The van der Waals surface area contributed by atoms with Gasteiger partial charge in [-0.2, -0.15) is 0 Å². The molecule has 22 heavy (non-hydrogen) atoms. The van der Waals surface area contributed by atoms with Gasteiger partial charge in [0.25, 0.3) is 0 Å². The molecule has 2 fully saturated rings. The molecule has 0 aromatic rings. The number of piperidine rings is 1. The molecule has 0 aromatic heterocycles. The maximum absolute atomic E-state index is 10.1. The number of nitrogens with zero attached hydrogens (tertiary/aromatic N) is 1. The number of unbranched alkanes of at least 4 members (excludes halogenated alkanes) is 5. The van der Waals surface area contributed by atoms with E-state index in [0.29, 0.717) is 0 Å². The molecule has 0 saturated carbocycles. The number of hydrogen-bond acceptors (Lipinski definition) is 7. The van der Waals surface area contributed by atoms with Gasteiger partial charge in [-0.25, -0.2) is 4.90 Å². The van der Waals surface area contributed by atoms with E-state index in [4.69, 9.17) is 4.74 Å². The van der Waals surface area contributed by atoms with Crippen molar-refractivity contribution in [1.82, 2.24) is 10.2 Å². The van der Waals surface area contributed by atoms with E-state index in [0.717, 1.165) is 19.4 Å². The summed E-state index contributed by atoms with van der Waals surface area (Å²) in [7, 11) is 0. The van der Waals surface area contributed by atoms with Gasteiger partial charge in [-0.3, -0.25) is 5.32 Å². The topological polar surface area (TPSA) is 105 Å². The average molecular weight is 318 g/mol. The van der Waals surface area contributed by atoms with Gasteiger partial charge >= 0.3 is 0 Å². The minimum Gasteiger partial charge on any atom is -0.389 e. The van der Waals surface area contributed by atoms with Crippen LogP contribution in [0.4, 0.5) is 0 Å². The van der Waals surface area contributed by atoms with Crippen molar-refractivity contribution in [1.29, 1.82) is 0 Å². The number of nitrogens with one attached hydrogen (secondary N) is 1. The van der Waals surface area contributed by atoms with Crippen LogP contribution in [0.25, 0.3) is 0 Å². The predicted octanol–water partition coefficient (Wildman–Crippen LogP) is -0.664. The van der Waals surface area contributed by atoms with Crippen LogP contribution in [0.3, 0.4) is 0 Å². The fourth-order valence-corrected chi connectivity index (χ4v) is 3.22. The zero-order chi connectivity index (χ0) is 16.1. The van der Waals surface area contributed by atoms with Crippen LogP contribution in [0.15, 0.2) is 0 Å². The van der Waals surface area contributed by atoms with Gasteiger partial charge in [0.2, 0.25) is 0 Å². The summed E-state index contributed by atoms with van der Waals surface area (Å²) in [5, 5.41) is 42.8. The monoisotopic (exact) mass is 318 g/mol. The molecule has 1 unspecified atom stereocenters. The molecule has 2 aliphatic heterocycles. The summed E-state index contributed by atoms with van der Waals surface area (Å²) >= 11 is 0. The Hall–Kier alpha value is -0.280. The second-order valence-electron chi connectivity index (χ2n) is 6.31. The van der Waals surface area contributed by atoms with E-state index in [1.54, 1.807) is 0 Å². The Morgan fingerprint density at radius 1 is 0.955 bits per heavy atom. The molecule has 0 aliphatic carbocycles. The summed E-state index contributed by atoms with van der Waals surface area (Å²) < 4.78 is 5.56. The number of rotatable bonds is 8. The van der Waals surface area contributed by atoms with E-state index in [1.807, 2.05) is 0 Å². The van der Waals surface area contributed by atoms with Crippen LogP contribution in [0, 0.1) is 0 Å². The van der Waals surface area contributed by atoms with Gasteiger partial charge in [0, 0.05) is 0 Å². The molecule has 2 saturated heterocycles. The lowest BCUT2D eigenvalue weighted by Gasteiger charge is -2.44. The van der Waals surface area contributed by atoms with Crippen molar-refractivity contribution in [3.05, 3.63) is 0 Å². The van der Waals surface area contributed by atoms with Gasteiger partial charge in [-0.15, -0.1) is 0 Å². The second-order valence-corrected chi connectivity index (χ2v) is 6.31. The van der Waals surface area contributed by atoms with Crippen LogP contribution in [-0.4, -0.2) is 75.4 Å². The van der Waals surface area contributed by atoms with Crippen molar-refractivity contribution in [2.24, 2.45) is 0 Å². The van der Waals surface area contributed by atoms with Crippen molar-refractivity contribution in [2.45, 2.75) is 82.4 Å². The van der Waals surface area contributed by atoms with Crippen molar-refractivity contribution in [3.63, 3.8) is 0 Å². The third-order valence-electron chi connectivity index (χ3n) is 4.63. The summed E-state index contributed by atoms with van der Waals surface area (Å²) in [6, 6.07) is -0.504. The fourth-order valence-electron chi connectivity index (χ4n) is 3.22. The maximum Gasteiger partial charge on any atom is 0.168 e. The first-order valence-electron chi connectivity index (χ1n) is 8.42. The number of aliphatic hydroxyl groups is 4. The van der Waals surface area contributed by atoms with Crippen LogP contribution in [-0.2, 0) is 4.74 Å². The summed E-state index contributed by atoms with van der Waals surface area (Å²) in [5.74, 6) is 0. The number of aliphatic hydroxyl groups excluding tert-OH is 4. The van der Waals surface area contributed by atoms with Crippen molar-refractivity contribution >= 4 is 0 Å². The smallest absolute Gasteiger partial charge is 0.168 e. The Labute approximate surface area is 131 Å². The fraction of sp³-hybridized carbons (Fsp3) is 1.00. The van der Waals surface area contributed by atoms with Crippen LogP contribution < -0.4 is 5.32 Å². The molecule has 0 radical (unpaired) electrons. The molecule has 7 nitrogen and oxygen atoms in total. The molecule has 130 valence electrons. The third kappa shape index (κ3) is 3.97. The highest BCUT2D eigenvalue weighted by Crippen LogP contribution is 2.29. The number of hydrogen-bond donors (Lipinski definition) is 5. The molecule has 2 heterocycles. The Morgan fingerprint density at radius 3 is 2.36 bits per heavy atom. The quantitative estimate of drug-likeness (QED) is 0.378.